The molecule has 0 saturated carbocycles. The second-order valence-corrected chi connectivity index (χ2v) is 4.44. The van der Waals surface area contributed by atoms with Crippen molar-refractivity contribution in [2.75, 3.05) is 17.2 Å². The van der Waals surface area contributed by atoms with Crippen molar-refractivity contribution in [2.45, 2.75) is 6.92 Å². The molecule has 0 aliphatic rings. The van der Waals surface area contributed by atoms with E-state index in [2.05, 4.69) is 20.8 Å². The molecule has 3 rings (SSSR count). The Hall–Kier alpha value is -2.89. The Morgan fingerprint density at radius 2 is 2.05 bits per heavy atom. The molecule has 6 nitrogen and oxygen atoms in total. The molecule has 0 bridgehead atoms. The summed E-state index contributed by atoms with van der Waals surface area (Å²) in [6.45, 7) is 2.77. The van der Waals surface area contributed by atoms with Gasteiger partial charge in [0.2, 0.25) is 0 Å². The van der Waals surface area contributed by atoms with Gasteiger partial charge in [0.05, 0.1) is 5.56 Å². The van der Waals surface area contributed by atoms with Crippen LogP contribution in [0.25, 0.3) is 10.8 Å². The molecule has 2 N–H and O–H groups in total. The third-order valence-corrected chi connectivity index (χ3v) is 3.06. The monoisotopic (exact) mass is 282 g/mol. The largest absolute Gasteiger partial charge is 0.370 e. The van der Waals surface area contributed by atoms with Gasteiger partial charge in [-0.1, -0.05) is 29.4 Å². The highest BCUT2D eigenvalue weighted by atomic mass is 16.5. The predicted octanol–water partition coefficient (Wildman–Crippen LogP) is 2.91. The Balaban J connectivity index is 2.03. The number of carbonyl (C=O) groups is 1. The number of nitrogens with one attached hydrogen (secondary N) is 2. The molecular formula is C15H14N4O2. The third-order valence-electron chi connectivity index (χ3n) is 3.06. The normalized spacial score (nSPS) is 10.5. The number of anilines is 2. The van der Waals surface area contributed by atoms with E-state index in [1.807, 2.05) is 31.2 Å². The van der Waals surface area contributed by atoms with E-state index in [4.69, 9.17) is 4.52 Å². The summed E-state index contributed by atoms with van der Waals surface area (Å²) < 4.78 is 4.70. The van der Waals surface area contributed by atoms with Gasteiger partial charge >= 0.3 is 0 Å². The minimum atomic E-state index is -0.268. The van der Waals surface area contributed by atoms with Crippen molar-refractivity contribution < 1.29 is 9.32 Å². The van der Waals surface area contributed by atoms with E-state index in [9.17, 15) is 4.79 Å². The Morgan fingerprint density at radius 1 is 1.24 bits per heavy atom. The Labute approximate surface area is 121 Å². The molecule has 0 atom stereocenters. The molecular weight excluding hydrogens is 268 g/mol. The van der Waals surface area contributed by atoms with Crippen LogP contribution in [0.3, 0.4) is 0 Å². The summed E-state index contributed by atoms with van der Waals surface area (Å²) >= 11 is 0. The van der Waals surface area contributed by atoms with Gasteiger partial charge in [0.15, 0.2) is 5.82 Å². The number of aromatic nitrogens is 2. The van der Waals surface area contributed by atoms with Crippen LogP contribution in [0.1, 0.15) is 17.3 Å². The van der Waals surface area contributed by atoms with Gasteiger partial charge in [-0.15, -0.1) is 0 Å². The van der Waals surface area contributed by atoms with Crippen molar-refractivity contribution in [3.8, 4) is 0 Å². The van der Waals surface area contributed by atoms with Crippen molar-refractivity contribution in [1.29, 1.82) is 0 Å². The molecule has 2 aromatic heterocycles. The van der Waals surface area contributed by atoms with Gasteiger partial charge in [-0.25, -0.2) is 4.98 Å². The number of nitrogens with zero attached hydrogens (tertiary/aromatic N) is 2. The smallest absolute Gasteiger partial charge is 0.259 e. The van der Waals surface area contributed by atoms with Crippen molar-refractivity contribution in [1.82, 2.24) is 10.1 Å². The number of rotatable bonds is 4. The van der Waals surface area contributed by atoms with Gasteiger partial charge in [0.1, 0.15) is 12.1 Å². The topological polar surface area (TPSA) is 80.0 Å². The Bertz CT molecular complexity index is 768. The van der Waals surface area contributed by atoms with E-state index in [0.29, 0.717) is 11.4 Å². The van der Waals surface area contributed by atoms with E-state index in [-0.39, 0.29) is 5.91 Å². The molecule has 0 aliphatic carbocycles. The molecule has 1 amide bonds. The second-order valence-electron chi connectivity index (χ2n) is 4.44. The lowest BCUT2D eigenvalue weighted by atomic mass is 10.1. The predicted molar refractivity (Wildman–Crippen MR) is 80.4 cm³/mol. The number of amides is 1. The minimum Gasteiger partial charge on any atom is -0.370 e. The van der Waals surface area contributed by atoms with Crippen molar-refractivity contribution in [3.05, 3.63) is 48.4 Å². The molecule has 106 valence electrons. The summed E-state index contributed by atoms with van der Waals surface area (Å²) in [6, 6.07) is 9.23. The van der Waals surface area contributed by atoms with Crippen LogP contribution >= 0.6 is 0 Å². The SMILES string of the molecule is CCNc1ncc(C(=O)Nc2ccon2)c2ccccc12. The summed E-state index contributed by atoms with van der Waals surface area (Å²) in [5.41, 5.74) is 0.496. The molecule has 1 aromatic carbocycles. The third kappa shape index (κ3) is 2.55. The van der Waals surface area contributed by atoms with Crippen LogP contribution in [0, 0.1) is 0 Å². The van der Waals surface area contributed by atoms with E-state index in [1.54, 1.807) is 12.3 Å². The van der Waals surface area contributed by atoms with Crippen LogP contribution in [0.5, 0.6) is 0 Å². The summed E-state index contributed by atoms with van der Waals surface area (Å²) in [5.74, 6) is 0.876. The van der Waals surface area contributed by atoms with Crippen molar-refractivity contribution in [3.63, 3.8) is 0 Å². The first-order valence-electron chi connectivity index (χ1n) is 6.63. The molecule has 0 unspecified atom stereocenters. The maximum absolute atomic E-state index is 12.3. The van der Waals surface area contributed by atoms with Gasteiger partial charge in [-0.3, -0.25) is 4.79 Å². The molecule has 0 spiro atoms. The fraction of sp³-hybridized carbons (Fsp3) is 0.133. The Morgan fingerprint density at radius 3 is 2.76 bits per heavy atom. The molecule has 2 heterocycles. The van der Waals surface area contributed by atoms with E-state index in [1.165, 1.54) is 6.26 Å². The van der Waals surface area contributed by atoms with Crippen molar-refractivity contribution in [2.24, 2.45) is 0 Å². The highest BCUT2D eigenvalue weighted by molar-refractivity contribution is 6.13. The number of fused-ring (bicyclic) bond motifs is 1. The zero-order valence-electron chi connectivity index (χ0n) is 11.5. The molecule has 0 aliphatic heterocycles. The second kappa shape index (κ2) is 5.62. The van der Waals surface area contributed by atoms with Crippen LogP contribution in [-0.4, -0.2) is 22.6 Å². The Kier molecular flexibility index (Phi) is 3.51. The summed E-state index contributed by atoms with van der Waals surface area (Å²) in [5, 5.41) is 11.3. The maximum Gasteiger partial charge on any atom is 0.259 e. The number of hydrogen-bond donors (Lipinski definition) is 2. The van der Waals surface area contributed by atoms with Gasteiger partial charge in [0, 0.05) is 24.2 Å². The van der Waals surface area contributed by atoms with E-state index < -0.39 is 0 Å². The van der Waals surface area contributed by atoms with Gasteiger partial charge < -0.3 is 15.2 Å². The number of benzene rings is 1. The lowest BCUT2D eigenvalue weighted by molar-refractivity contribution is 0.102. The van der Waals surface area contributed by atoms with Crippen LogP contribution in [-0.2, 0) is 0 Å². The van der Waals surface area contributed by atoms with Crippen LogP contribution < -0.4 is 10.6 Å². The average Bonchev–Trinajstić information content (AvgIpc) is 3.00. The van der Waals surface area contributed by atoms with Gasteiger partial charge in [-0.05, 0) is 12.3 Å². The average molecular weight is 282 g/mol. The standard InChI is InChI=1S/C15H14N4O2/c1-2-16-14-11-6-4-3-5-10(11)12(9-17-14)15(20)18-13-7-8-21-19-13/h3-9H,2H2,1H3,(H,16,17)(H,18,19,20). The molecule has 21 heavy (non-hydrogen) atoms. The number of carbonyl (C=O) groups excluding carboxylic acids is 1. The first kappa shape index (κ1) is 13.1. The molecule has 0 fully saturated rings. The van der Waals surface area contributed by atoms with Crippen LogP contribution in [0.15, 0.2) is 47.3 Å². The lowest BCUT2D eigenvalue weighted by Crippen LogP contribution is -2.13. The molecule has 0 saturated heterocycles. The van der Waals surface area contributed by atoms with Gasteiger partial charge in [-0.2, -0.15) is 0 Å². The van der Waals surface area contributed by atoms with Crippen molar-refractivity contribution >= 4 is 28.3 Å². The van der Waals surface area contributed by atoms with Gasteiger partial charge in [0.25, 0.3) is 5.91 Å². The fourth-order valence-corrected chi connectivity index (χ4v) is 2.14. The lowest BCUT2D eigenvalue weighted by Gasteiger charge is -2.10. The molecule has 3 aromatic rings. The number of hydrogen-bond acceptors (Lipinski definition) is 5. The zero-order chi connectivity index (χ0) is 14.7. The summed E-state index contributed by atoms with van der Waals surface area (Å²) in [4.78, 5) is 16.7. The summed E-state index contributed by atoms with van der Waals surface area (Å²) in [6.07, 6.45) is 2.97. The highest BCUT2D eigenvalue weighted by Gasteiger charge is 2.14. The first-order chi connectivity index (χ1) is 10.3. The molecule has 0 radical (unpaired) electrons. The highest BCUT2D eigenvalue weighted by Crippen LogP contribution is 2.24. The van der Waals surface area contributed by atoms with Crippen LogP contribution in [0.4, 0.5) is 11.6 Å². The van der Waals surface area contributed by atoms with E-state index >= 15 is 0 Å². The maximum atomic E-state index is 12.3. The van der Waals surface area contributed by atoms with E-state index in [0.717, 1.165) is 23.1 Å². The first-order valence-corrected chi connectivity index (χ1v) is 6.63. The zero-order valence-corrected chi connectivity index (χ0v) is 11.5. The number of pyridine rings is 1. The van der Waals surface area contributed by atoms with Crippen LogP contribution in [0.2, 0.25) is 0 Å². The quantitative estimate of drug-likeness (QED) is 0.769. The summed E-state index contributed by atoms with van der Waals surface area (Å²) in [7, 11) is 0. The minimum absolute atomic E-state index is 0.268. The fourth-order valence-electron chi connectivity index (χ4n) is 2.14. The molecule has 6 heteroatoms.